The van der Waals surface area contributed by atoms with E-state index in [0.717, 1.165) is 5.56 Å². The predicted molar refractivity (Wildman–Crippen MR) is 49.4 cm³/mol. The molecule has 1 rings (SSSR count). The van der Waals surface area contributed by atoms with E-state index in [2.05, 4.69) is 4.98 Å². The molecule has 0 saturated heterocycles. The van der Waals surface area contributed by atoms with Crippen molar-refractivity contribution < 1.29 is 9.84 Å². The highest BCUT2D eigenvalue weighted by Gasteiger charge is 2.19. The van der Waals surface area contributed by atoms with Crippen LogP contribution in [0.1, 0.15) is 12.5 Å². The molecular formula is C9H14N2O2. The summed E-state index contributed by atoms with van der Waals surface area (Å²) in [5.74, 6) is 0.539. The van der Waals surface area contributed by atoms with Gasteiger partial charge in [-0.1, -0.05) is 6.07 Å². The first-order valence-corrected chi connectivity index (χ1v) is 4.00. The number of hydrogen-bond donors (Lipinski definition) is 2. The Labute approximate surface area is 77.4 Å². The summed E-state index contributed by atoms with van der Waals surface area (Å²) in [4.78, 5) is 4.00. The van der Waals surface area contributed by atoms with Crippen LogP contribution in [-0.2, 0) is 5.54 Å². The molecule has 0 aliphatic rings. The van der Waals surface area contributed by atoms with Gasteiger partial charge in [0.1, 0.15) is 0 Å². The Morgan fingerprint density at radius 2 is 2.31 bits per heavy atom. The minimum Gasteiger partial charge on any atom is -0.481 e. The lowest BCUT2D eigenvalue weighted by molar-refractivity contribution is 0.209. The molecular weight excluding hydrogens is 168 g/mol. The third-order valence-corrected chi connectivity index (χ3v) is 1.93. The van der Waals surface area contributed by atoms with Crippen LogP contribution >= 0.6 is 0 Å². The van der Waals surface area contributed by atoms with Gasteiger partial charge in [-0.05, 0) is 12.5 Å². The topological polar surface area (TPSA) is 68.4 Å². The van der Waals surface area contributed by atoms with E-state index in [4.69, 9.17) is 15.6 Å². The van der Waals surface area contributed by atoms with Gasteiger partial charge in [0.05, 0.1) is 19.3 Å². The summed E-state index contributed by atoms with van der Waals surface area (Å²) in [6.45, 7) is 1.64. The zero-order valence-electron chi connectivity index (χ0n) is 7.82. The number of methoxy groups -OCH3 is 1. The molecule has 0 spiro atoms. The number of aromatic nitrogens is 1. The van der Waals surface area contributed by atoms with Crippen molar-refractivity contribution in [2.24, 2.45) is 5.73 Å². The first kappa shape index (κ1) is 9.95. The first-order valence-electron chi connectivity index (χ1n) is 4.00. The standard InChI is InChI=1S/C9H14N2O2/c1-9(10,6-12)7-3-4-8(13-2)11-5-7/h3-5,12H,6,10H2,1-2H3/t9-/m0/s1. The van der Waals surface area contributed by atoms with Gasteiger partial charge in [0.2, 0.25) is 5.88 Å². The van der Waals surface area contributed by atoms with E-state index in [0.29, 0.717) is 5.88 Å². The molecule has 0 bridgehead atoms. The average Bonchev–Trinajstić information content (AvgIpc) is 2.18. The number of ether oxygens (including phenoxy) is 1. The second-order valence-electron chi connectivity index (χ2n) is 3.16. The van der Waals surface area contributed by atoms with Gasteiger partial charge in [-0.2, -0.15) is 0 Å². The number of hydrogen-bond acceptors (Lipinski definition) is 4. The first-order chi connectivity index (χ1) is 6.10. The van der Waals surface area contributed by atoms with Gasteiger partial charge in [-0.3, -0.25) is 0 Å². The van der Waals surface area contributed by atoms with Crippen molar-refractivity contribution in [2.75, 3.05) is 13.7 Å². The van der Waals surface area contributed by atoms with Crippen LogP contribution in [0.15, 0.2) is 18.3 Å². The van der Waals surface area contributed by atoms with E-state index in [1.807, 2.05) is 0 Å². The molecule has 4 nitrogen and oxygen atoms in total. The van der Waals surface area contributed by atoms with Crippen molar-refractivity contribution >= 4 is 0 Å². The lowest BCUT2D eigenvalue weighted by atomic mass is 9.96. The zero-order valence-corrected chi connectivity index (χ0v) is 7.82. The highest BCUT2D eigenvalue weighted by Crippen LogP contribution is 2.17. The number of rotatable bonds is 3. The van der Waals surface area contributed by atoms with Crippen LogP contribution in [0.2, 0.25) is 0 Å². The lowest BCUT2D eigenvalue weighted by Crippen LogP contribution is -2.36. The fourth-order valence-corrected chi connectivity index (χ4v) is 0.930. The molecule has 13 heavy (non-hydrogen) atoms. The Hall–Kier alpha value is -1.13. The van der Waals surface area contributed by atoms with E-state index >= 15 is 0 Å². The largest absolute Gasteiger partial charge is 0.481 e. The molecule has 0 saturated carbocycles. The summed E-state index contributed by atoms with van der Waals surface area (Å²) < 4.78 is 4.90. The van der Waals surface area contributed by atoms with Crippen LogP contribution in [-0.4, -0.2) is 23.8 Å². The average molecular weight is 182 g/mol. The molecule has 0 aliphatic carbocycles. The molecule has 1 aromatic rings. The molecule has 1 heterocycles. The molecule has 0 unspecified atom stereocenters. The number of aliphatic hydroxyl groups is 1. The van der Waals surface area contributed by atoms with E-state index in [-0.39, 0.29) is 6.61 Å². The Bertz CT molecular complexity index is 269. The third kappa shape index (κ3) is 2.17. The molecule has 0 fully saturated rings. The number of nitrogens with two attached hydrogens (primary N) is 1. The molecule has 3 N–H and O–H groups in total. The van der Waals surface area contributed by atoms with Crippen molar-refractivity contribution in [1.82, 2.24) is 4.98 Å². The highest BCUT2D eigenvalue weighted by atomic mass is 16.5. The van der Waals surface area contributed by atoms with E-state index in [1.54, 1.807) is 32.4 Å². The summed E-state index contributed by atoms with van der Waals surface area (Å²) in [5.41, 5.74) is 5.85. The molecule has 0 aliphatic heterocycles. The summed E-state index contributed by atoms with van der Waals surface area (Å²) in [6.07, 6.45) is 1.61. The summed E-state index contributed by atoms with van der Waals surface area (Å²) in [6, 6.07) is 3.51. The van der Waals surface area contributed by atoms with Gasteiger partial charge < -0.3 is 15.6 Å². The summed E-state index contributed by atoms with van der Waals surface area (Å²) in [7, 11) is 1.55. The second-order valence-corrected chi connectivity index (χ2v) is 3.16. The van der Waals surface area contributed by atoms with Gasteiger partial charge in [0, 0.05) is 12.3 Å². The molecule has 0 radical (unpaired) electrons. The van der Waals surface area contributed by atoms with Crippen LogP contribution in [0.3, 0.4) is 0 Å². The fourth-order valence-electron chi connectivity index (χ4n) is 0.930. The van der Waals surface area contributed by atoms with Gasteiger partial charge in [-0.15, -0.1) is 0 Å². The fraction of sp³-hybridized carbons (Fsp3) is 0.444. The van der Waals surface area contributed by atoms with Crippen LogP contribution in [0, 0.1) is 0 Å². The van der Waals surface area contributed by atoms with Gasteiger partial charge in [0.25, 0.3) is 0 Å². The quantitative estimate of drug-likeness (QED) is 0.703. The number of aliphatic hydroxyl groups excluding tert-OH is 1. The third-order valence-electron chi connectivity index (χ3n) is 1.93. The van der Waals surface area contributed by atoms with Crippen molar-refractivity contribution in [3.05, 3.63) is 23.9 Å². The predicted octanol–water partition coefficient (Wildman–Crippen LogP) is 0.256. The molecule has 0 amide bonds. The van der Waals surface area contributed by atoms with Gasteiger partial charge in [0.15, 0.2) is 0 Å². The van der Waals surface area contributed by atoms with Crippen molar-refractivity contribution in [1.29, 1.82) is 0 Å². The minimum absolute atomic E-state index is 0.110. The van der Waals surface area contributed by atoms with E-state index in [1.165, 1.54) is 0 Å². The van der Waals surface area contributed by atoms with Crippen molar-refractivity contribution in [3.8, 4) is 5.88 Å². The van der Waals surface area contributed by atoms with Crippen LogP contribution in [0.25, 0.3) is 0 Å². The smallest absolute Gasteiger partial charge is 0.212 e. The van der Waals surface area contributed by atoms with Crippen molar-refractivity contribution in [3.63, 3.8) is 0 Å². The maximum atomic E-state index is 8.99. The number of pyridine rings is 1. The van der Waals surface area contributed by atoms with Crippen LogP contribution in [0.4, 0.5) is 0 Å². The van der Waals surface area contributed by atoms with E-state index < -0.39 is 5.54 Å². The number of nitrogens with zero attached hydrogens (tertiary/aromatic N) is 1. The van der Waals surface area contributed by atoms with Gasteiger partial charge >= 0.3 is 0 Å². The second kappa shape index (κ2) is 3.72. The SMILES string of the molecule is COc1ccc([C@@](C)(N)CO)cn1. The molecule has 4 heteroatoms. The lowest BCUT2D eigenvalue weighted by Gasteiger charge is -2.21. The van der Waals surface area contributed by atoms with Crippen LogP contribution < -0.4 is 10.5 Å². The Morgan fingerprint density at radius 3 is 2.69 bits per heavy atom. The molecule has 1 atom stereocenters. The monoisotopic (exact) mass is 182 g/mol. The molecule has 1 aromatic heterocycles. The summed E-state index contributed by atoms with van der Waals surface area (Å²) >= 11 is 0. The Kier molecular flexibility index (Phi) is 2.85. The van der Waals surface area contributed by atoms with Crippen molar-refractivity contribution in [2.45, 2.75) is 12.5 Å². The summed E-state index contributed by atoms with van der Waals surface area (Å²) in [5, 5.41) is 8.99. The maximum Gasteiger partial charge on any atom is 0.212 e. The molecule has 72 valence electrons. The van der Waals surface area contributed by atoms with Gasteiger partial charge in [-0.25, -0.2) is 4.98 Å². The Balaban J connectivity index is 2.92. The van der Waals surface area contributed by atoms with E-state index in [9.17, 15) is 0 Å². The molecule has 0 aromatic carbocycles. The Morgan fingerprint density at radius 1 is 1.62 bits per heavy atom. The minimum atomic E-state index is -0.737. The normalized spacial score (nSPS) is 15.1. The highest BCUT2D eigenvalue weighted by molar-refractivity contribution is 5.23. The zero-order chi connectivity index (χ0) is 9.90. The van der Waals surface area contributed by atoms with Crippen LogP contribution in [0.5, 0.6) is 5.88 Å². The maximum absolute atomic E-state index is 8.99.